The summed E-state index contributed by atoms with van der Waals surface area (Å²) in [6, 6.07) is 0. The van der Waals surface area contributed by atoms with E-state index < -0.39 is 0 Å². The number of hydrogen-bond donors (Lipinski definition) is 2. The molecule has 5 heteroatoms. The second-order valence-electron chi connectivity index (χ2n) is 2.38. The maximum absolute atomic E-state index is 12.0. The van der Waals surface area contributed by atoms with E-state index in [2.05, 4.69) is 5.32 Å². The van der Waals surface area contributed by atoms with Crippen LogP contribution < -0.4 is 11.1 Å². The Kier molecular flexibility index (Phi) is 7.77. The van der Waals surface area contributed by atoms with Gasteiger partial charge in [-0.3, -0.25) is 0 Å². The maximum atomic E-state index is 12.0. The molecule has 76 valence electrons. The summed E-state index contributed by atoms with van der Waals surface area (Å²) >= 11 is 1.16. The van der Waals surface area contributed by atoms with Gasteiger partial charge in [0.1, 0.15) is 0 Å². The lowest BCUT2D eigenvalue weighted by Crippen LogP contribution is -2.06. The molecule has 0 spiro atoms. The highest BCUT2D eigenvalue weighted by Crippen LogP contribution is 2.08. The first-order valence-electron chi connectivity index (χ1n) is 3.85. The summed E-state index contributed by atoms with van der Waals surface area (Å²) in [5.41, 5.74) is 6.66. The fourth-order valence-electron chi connectivity index (χ4n) is 0.410. The Balaban J connectivity index is 3.56. The van der Waals surface area contributed by atoms with E-state index in [-0.39, 0.29) is 13.2 Å². The van der Waals surface area contributed by atoms with Crippen molar-refractivity contribution in [3.05, 3.63) is 23.0 Å². The second kappa shape index (κ2) is 8.10. The van der Waals surface area contributed by atoms with Gasteiger partial charge in [0.2, 0.25) is 0 Å². The molecule has 0 aliphatic carbocycles. The molecule has 3 nitrogen and oxygen atoms in total. The van der Waals surface area contributed by atoms with E-state index in [1.807, 2.05) is 14.0 Å². The predicted molar refractivity (Wildman–Crippen MR) is 54.6 cm³/mol. The van der Waals surface area contributed by atoms with Crippen LogP contribution in [-0.4, -0.2) is 20.2 Å². The summed E-state index contributed by atoms with van der Waals surface area (Å²) in [5.74, 6) is 0. The molecule has 0 rings (SSSR count). The Morgan fingerprint density at radius 3 is 2.85 bits per heavy atom. The van der Waals surface area contributed by atoms with Gasteiger partial charge in [-0.1, -0.05) is 0 Å². The average Bonchev–Trinajstić information content (AvgIpc) is 2.18. The van der Waals surface area contributed by atoms with Crippen LogP contribution >= 0.6 is 12.0 Å². The Labute approximate surface area is 82.4 Å². The molecule has 0 saturated carbocycles. The van der Waals surface area contributed by atoms with Crippen LogP contribution in [0.3, 0.4) is 0 Å². The molecular weight excluding hydrogens is 191 g/mol. The minimum Gasteiger partial charge on any atom is -0.391 e. The molecule has 0 aromatic carbocycles. The minimum absolute atomic E-state index is 0.186. The lowest BCUT2D eigenvalue weighted by atomic mass is 10.3. The third kappa shape index (κ3) is 6.62. The van der Waals surface area contributed by atoms with E-state index in [1.54, 1.807) is 5.41 Å². The van der Waals surface area contributed by atoms with Gasteiger partial charge in [0.15, 0.2) is 0 Å². The van der Waals surface area contributed by atoms with Crippen LogP contribution in [0.25, 0.3) is 0 Å². The van der Waals surface area contributed by atoms with Gasteiger partial charge >= 0.3 is 0 Å². The van der Waals surface area contributed by atoms with E-state index in [4.69, 9.17) is 9.92 Å². The normalized spacial score (nSPS) is 13.2. The van der Waals surface area contributed by atoms with Crippen LogP contribution in [0.1, 0.15) is 6.92 Å². The van der Waals surface area contributed by atoms with Crippen molar-refractivity contribution >= 4 is 12.0 Å². The Bertz CT molecular complexity index is 195. The van der Waals surface area contributed by atoms with E-state index in [1.165, 1.54) is 0 Å². The lowest BCUT2D eigenvalue weighted by molar-refractivity contribution is 0.412. The van der Waals surface area contributed by atoms with Crippen molar-refractivity contribution in [1.82, 2.24) is 5.32 Å². The molecule has 0 radical (unpaired) electrons. The van der Waals surface area contributed by atoms with Crippen LogP contribution in [0.5, 0.6) is 0 Å². The van der Waals surface area contributed by atoms with Gasteiger partial charge in [-0.2, -0.15) is 0 Å². The molecule has 0 amide bonds. The van der Waals surface area contributed by atoms with Crippen molar-refractivity contribution < 1.29 is 8.57 Å². The molecule has 0 saturated heterocycles. The first-order valence-corrected chi connectivity index (χ1v) is 4.66. The van der Waals surface area contributed by atoms with Crippen LogP contribution in [0.4, 0.5) is 4.39 Å². The number of rotatable bonds is 6. The smallest absolute Gasteiger partial charge is 0.0895 e. The van der Waals surface area contributed by atoms with Crippen molar-refractivity contribution in [2.45, 2.75) is 6.92 Å². The fraction of sp³-hybridized carbons (Fsp3) is 0.500. The quantitative estimate of drug-likeness (QED) is 0.511. The van der Waals surface area contributed by atoms with Crippen molar-refractivity contribution in [2.24, 2.45) is 5.73 Å². The van der Waals surface area contributed by atoms with E-state index >= 15 is 0 Å². The molecule has 0 aromatic rings. The Morgan fingerprint density at radius 2 is 2.38 bits per heavy atom. The average molecular weight is 206 g/mol. The highest BCUT2D eigenvalue weighted by atomic mass is 32.2. The molecule has 0 unspecified atom stereocenters. The number of allylic oxidation sites excluding steroid dienone is 1. The molecule has 0 aliphatic heterocycles. The topological polar surface area (TPSA) is 47.3 Å². The standard InChI is InChI=1S/C8H15FN2OS/c1-7(11-2)6-13-12-5-8(3-9)4-10/h3,6,11H,4-5,10H2,1-2H3/b7-6-,8-3+. The molecule has 0 heterocycles. The second-order valence-corrected chi connectivity index (χ2v) is 3.04. The first-order chi connectivity index (χ1) is 6.24. The van der Waals surface area contributed by atoms with E-state index in [0.717, 1.165) is 17.7 Å². The molecule has 0 bridgehead atoms. The van der Waals surface area contributed by atoms with Crippen molar-refractivity contribution in [3.63, 3.8) is 0 Å². The van der Waals surface area contributed by atoms with E-state index in [9.17, 15) is 4.39 Å². The molecular formula is C8H15FN2OS. The SMILES string of the molecule is CN/C(C)=C\SOC/C(=C/F)CN. The van der Waals surface area contributed by atoms with E-state index in [0.29, 0.717) is 11.9 Å². The zero-order valence-corrected chi connectivity index (χ0v) is 8.66. The van der Waals surface area contributed by atoms with Gasteiger partial charge in [0.25, 0.3) is 0 Å². The van der Waals surface area contributed by atoms with Crippen LogP contribution in [0, 0.1) is 0 Å². The summed E-state index contributed by atoms with van der Waals surface area (Å²) in [5, 5.41) is 4.73. The number of hydrogen-bond acceptors (Lipinski definition) is 4. The van der Waals surface area contributed by atoms with Crippen molar-refractivity contribution in [3.8, 4) is 0 Å². The van der Waals surface area contributed by atoms with Crippen LogP contribution in [0.2, 0.25) is 0 Å². The highest BCUT2D eigenvalue weighted by Gasteiger charge is 1.94. The number of nitrogens with two attached hydrogens (primary N) is 1. The summed E-state index contributed by atoms with van der Waals surface area (Å²) in [4.78, 5) is 0. The Morgan fingerprint density at radius 1 is 1.69 bits per heavy atom. The summed E-state index contributed by atoms with van der Waals surface area (Å²) < 4.78 is 17.0. The maximum Gasteiger partial charge on any atom is 0.0895 e. The first kappa shape index (κ1) is 12.5. The summed E-state index contributed by atoms with van der Waals surface area (Å²) in [6.45, 7) is 2.31. The van der Waals surface area contributed by atoms with Gasteiger partial charge in [0, 0.05) is 36.7 Å². The largest absolute Gasteiger partial charge is 0.391 e. The third-order valence-electron chi connectivity index (χ3n) is 1.35. The molecule has 3 N–H and O–H groups in total. The van der Waals surface area contributed by atoms with Crippen LogP contribution in [-0.2, 0) is 4.18 Å². The molecule has 0 fully saturated rings. The molecule has 0 aliphatic rings. The zero-order chi connectivity index (χ0) is 10.1. The van der Waals surface area contributed by atoms with Gasteiger partial charge in [-0.25, -0.2) is 4.39 Å². The number of halogens is 1. The molecule has 0 atom stereocenters. The molecule has 13 heavy (non-hydrogen) atoms. The monoisotopic (exact) mass is 206 g/mol. The predicted octanol–water partition coefficient (Wildman–Crippen LogP) is 1.54. The van der Waals surface area contributed by atoms with Crippen molar-refractivity contribution in [2.75, 3.05) is 20.2 Å². The minimum atomic E-state index is 0.186. The third-order valence-corrected chi connectivity index (χ3v) is 2.05. The summed E-state index contributed by atoms with van der Waals surface area (Å²) in [6.07, 6.45) is 0.481. The highest BCUT2D eigenvalue weighted by molar-refractivity contribution is 7.97. The van der Waals surface area contributed by atoms with Gasteiger partial charge in [-0.05, 0) is 12.5 Å². The lowest BCUT2D eigenvalue weighted by Gasteiger charge is -2.02. The van der Waals surface area contributed by atoms with Gasteiger partial charge < -0.3 is 15.2 Å². The summed E-state index contributed by atoms with van der Waals surface area (Å²) in [7, 11) is 1.82. The Hall–Kier alpha value is -0.520. The van der Waals surface area contributed by atoms with Gasteiger partial charge in [-0.15, -0.1) is 0 Å². The van der Waals surface area contributed by atoms with Crippen LogP contribution in [0.15, 0.2) is 23.0 Å². The van der Waals surface area contributed by atoms with Crippen molar-refractivity contribution in [1.29, 1.82) is 0 Å². The van der Waals surface area contributed by atoms with Gasteiger partial charge in [0.05, 0.1) is 12.9 Å². The fourth-order valence-corrected chi connectivity index (χ4v) is 0.959. The number of nitrogens with one attached hydrogen (secondary N) is 1. The molecule has 0 aromatic heterocycles. The zero-order valence-electron chi connectivity index (χ0n) is 7.84.